The predicted octanol–water partition coefficient (Wildman–Crippen LogP) is 1.75. The molecule has 0 aliphatic rings. The highest BCUT2D eigenvalue weighted by atomic mass is 35.5. The van der Waals surface area contributed by atoms with E-state index in [4.69, 9.17) is 11.6 Å². The molecule has 0 spiro atoms. The Morgan fingerprint density at radius 1 is 1.69 bits per heavy atom. The highest BCUT2D eigenvalue weighted by Crippen LogP contribution is 2.10. The number of rotatable bonds is 2. The summed E-state index contributed by atoms with van der Waals surface area (Å²) in [6, 6.07) is 1.36. The van der Waals surface area contributed by atoms with Crippen LogP contribution in [0.1, 0.15) is 18.9 Å². The first-order valence-corrected chi connectivity index (χ1v) is 5.01. The van der Waals surface area contributed by atoms with Crippen LogP contribution in [-0.4, -0.2) is 17.4 Å². The molecular formula is C11H10ClFN2O. The standard InChI is InChI=1S/C11H10ClFN2O/c1-8(16)14-5-3-2-4-9-6-11(12)15-7-10(9)13/h6-7H,3,5H2,1H3,(H,14,16). The molecule has 1 heterocycles. The van der Waals surface area contributed by atoms with E-state index >= 15 is 0 Å². The van der Waals surface area contributed by atoms with Crippen LogP contribution in [0.2, 0.25) is 5.15 Å². The van der Waals surface area contributed by atoms with Gasteiger partial charge in [-0.25, -0.2) is 9.37 Å². The van der Waals surface area contributed by atoms with Crippen molar-refractivity contribution >= 4 is 17.5 Å². The lowest BCUT2D eigenvalue weighted by atomic mass is 10.2. The first-order chi connectivity index (χ1) is 7.59. The van der Waals surface area contributed by atoms with Crippen LogP contribution in [0.3, 0.4) is 0 Å². The second-order valence-corrected chi connectivity index (χ2v) is 3.41. The number of hydrogen-bond acceptors (Lipinski definition) is 2. The molecule has 16 heavy (non-hydrogen) atoms. The first kappa shape index (κ1) is 12.5. The zero-order valence-electron chi connectivity index (χ0n) is 8.68. The zero-order chi connectivity index (χ0) is 12.0. The van der Waals surface area contributed by atoms with Gasteiger partial charge in [0.15, 0.2) is 5.82 Å². The fourth-order valence-corrected chi connectivity index (χ4v) is 1.13. The zero-order valence-corrected chi connectivity index (χ0v) is 9.44. The maximum absolute atomic E-state index is 13.1. The van der Waals surface area contributed by atoms with Crippen molar-refractivity contribution in [2.75, 3.05) is 6.54 Å². The van der Waals surface area contributed by atoms with Crippen molar-refractivity contribution in [1.29, 1.82) is 0 Å². The van der Waals surface area contributed by atoms with Crippen molar-refractivity contribution in [2.45, 2.75) is 13.3 Å². The number of hydrogen-bond donors (Lipinski definition) is 1. The van der Waals surface area contributed by atoms with Gasteiger partial charge >= 0.3 is 0 Å². The van der Waals surface area contributed by atoms with Gasteiger partial charge in [0.2, 0.25) is 5.91 Å². The summed E-state index contributed by atoms with van der Waals surface area (Å²) in [5, 5.41) is 2.79. The molecule has 0 atom stereocenters. The monoisotopic (exact) mass is 240 g/mol. The molecule has 0 radical (unpaired) electrons. The summed E-state index contributed by atoms with van der Waals surface area (Å²) in [5.41, 5.74) is 0.211. The van der Waals surface area contributed by atoms with E-state index in [1.165, 1.54) is 13.0 Å². The molecule has 1 amide bonds. The third-order valence-electron chi connectivity index (χ3n) is 1.67. The molecule has 5 heteroatoms. The predicted molar refractivity (Wildman–Crippen MR) is 59.4 cm³/mol. The molecule has 0 fully saturated rings. The Kier molecular flexibility index (Phi) is 4.74. The number of pyridine rings is 1. The van der Waals surface area contributed by atoms with Gasteiger partial charge in [0, 0.05) is 19.9 Å². The number of carbonyl (C=O) groups excluding carboxylic acids is 1. The lowest BCUT2D eigenvalue weighted by Gasteiger charge is -1.95. The van der Waals surface area contributed by atoms with Crippen LogP contribution >= 0.6 is 11.6 Å². The molecule has 0 saturated carbocycles. The summed E-state index contributed by atoms with van der Waals surface area (Å²) < 4.78 is 13.1. The average Bonchev–Trinajstić information content (AvgIpc) is 2.22. The van der Waals surface area contributed by atoms with E-state index in [0.29, 0.717) is 13.0 Å². The van der Waals surface area contributed by atoms with Crippen molar-refractivity contribution in [1.82, 2.24) is 10.3 Å². The Bertz CT molecular complexity index is 451. The minimum absolute atomic E-state index is 0.111. The Morgan fingerprint density at radius 3 is 3.12 bits per heavy atom. The molecule has 0 aliphatic carbocycles. The van der Waals surface area contributed by atoms with Gasteiger partial charge in [0.25, 0.3) is 0 Å². The lowest BCUT2D eigenvalue weighted by molar-refractivity contribution is -0.118. The molecule has 0 bridgehead atoms. The van der Waals surface area contributed by atoms with Gasteiger partial charge in [-0.3, -0.25) is 4.79 Å². The number of nitrogens with zero attached hydrogens (tertiary/aromatic N) is 1. The van der Waals surface area contributed by atoms with Crippen LogP contribution in [0, 0.1) is 17.7 Å². The fraction of sp³-hybridized carbons (Fsp3) is 0.273. The minimum Gasteiger partial charge on any atom is -0.355 e. The number of halogens is 2. The third kappa shape index (κ3) is 4.28. The third-order valence-corrected chi connectivity index (χ3v) is 1.88. The largest absolute Gasteiger partial charge is 0.355 e. The van der Waals surface area contributed by atoms with Gasteiger partial charge in [-0.15, -0.1) is 0 Å². The Hall–Kier alpha value is -1.60. The topological polar surface area (TPSA) is 42.0 Å². The molecule has 1 aromatic heterocycles. The molecule has 0 unspecified atom stereocenters. The van der Waals surface area contributed by atoms with Gasteiger partial charge in [-0.1, -0.05) is 23.4 Å². The number of carbonyl (C=O) groups is 1. The SMILES string of the molecule is CC(=O)NCCC#Cc1cc(Cl)ncc1F. The van der Waals surface area contributed by atoms with E-state index in [1.807, 2.05) is 0 Å². The second kappa shape index (κ2) is 6.09. The normalized spacial score (nSPS) is 9.19. The molecule has 1 aromatic rings. The van der Waals surface area contributed by atoms with Crippen molar-refractivity contribution in [3.63, 3.8) is 0 Å². The quantitative estimate of drug-likeness (QED) is 0.486. The van der Waals surface area contributed by atoms with Gasteiger partial charge < -0.3 is 5.32 Å². The maximum atomic E-state index is 13.1. The summed E-state index contributed by atoms with van der Waals surface area (Å²) in [6.07, 6.45) is 1.49. The highest BCUT2D eigenvalue weighted by molar-refractivity contribution is 6.29. The minimum atomic E-state index is -0.503. The molecule has 0 aliphatic heterocycles. The summed E-state index contributed by atoms with van der Waals surface area (Å²) in [5.74, 6) is 4.75. The lowest BCUT2D eigenvalue weighted by Crippen LogP contribution is -2.20. The van der Waals surface area contributed by atoms with Gasteiger partial charge in [-0.05, 0) is 6.07 Å². The molecule has 3 nitrogen and oxygen atoms in total. The van der Waals surface area contributed by atoms with Crippen molar-refractivity contribution in [3.8, 4) is 11.8 Å². The van der Waals surface area contributed by atoms with Crippen molar-refractivity contribution in [2.24, 2.45) is 0 Å². The van der Waals surface area contributed by atoms with Crippen LogP contribution in [0.15, 0.2) is 12.3 Å². The van der Waals surface area contributed by atoms with Crippen LogP contribution in [-0.2, 0) is 4.79 Å². The fourth-order valence-electron chi connectivity index (χ4n) is 0.968. The summed E-state index contributed by atoms with van der Waals surface area (Å²) in [4.78, 5) is 14.1. The van der Waals surface area contributed by atoms with Crippen LogP contribution < -0.4 is 5.32 Å². The average molecular weight is 241 g/mol. The molecule has 1 rings (SSSR count). The number of aromatic nitrogens is 1. The van der Waals surface area contributed by atoms with E-state index in [2.05, 4.69) is 22.1 Å². The van der Waals surface area contributed by atoms with E-state index in [9.17, 15) is 9.18 Å². The molecule has 84 valence electrons. The van der Waals surface area contributed by atoms with Crippen LogP contribution in [0.5, 0.6) is 0 Å². The highest BCUT2D eigenvalue weighted by Gasteiger charge is 1.99. The van der Waals surface area contributed by atoms with Crippen LogP contribution in [0.25, 0.3) is 0 Å². The van der Waals surface area contributed by atoms with E-state index in [-0.39, 0.29) is 16.6 Å². The second-order valence-electron chi connectivity index (χ2n) is 3.02. The van der Waals surface area contributed by atoms with Gasteiger partial charge in [0.05, 0.1) is 11.8 Å². The molecule has 0 aromatic carbocycles. The number of amides is 1. The summed E-state index contributed by atoms with van der Waals surface area (Å²) >= 11 is 5.60. The van der Waals surface area contributed by atoms with Crippen LogP contribution in [0.4, 0.5) is 4.39 Å². The summed E-state index contributed by atoms with van der Waals surface area (Å²) in [6.45, 7) is 1.87. The van der Waals surface area contributed by atoms with Crippen molar-refractivity contribution in [3.05, 3.63) is 28.8 Å². The number of nitrogens with one attached hydrogen (secondary N) is 1. The van der Waals surface area contributed by atoms with Gasteiger partial charge in [0.1, 0.15) is 5.15 Å². The maximum Gasteiger partial charge on any atom is 0.216 e. The van der Waals surface area contributed by atoms with E-state index < -0.39 is 5.82 Å². The van der Waals surface area contributed by atoms with E-state index in [0.717, 1.165) is 6.20 Å². The van der Waals surface area contributed by atoms with Crippen molar-refractivity contribution < 1.29 is 9.18 Å². The Labute approximate surface area is 98.0 Å². The molecular weight excluding hydrogens is 231 g/mol. The molecule has 1 N–H and O–H groups in total. The first-order valence-electron chi connectivity index (χ1n) is 4.64. The Morgan fingerprint density at radius 2 is 2.44 bits per heavy atom. The Balaban J connectivity index is 2.56. The summed E-state index contributed by atoms with van der Waals surface area (Å²) in [7, 11) is 0. The smallest absolute Gasteiger partial charge is 0.216 e. The molecule has 0 saturated heterocycles. The van der Waals surface area contributed by atoms with E-state index in [1.54, 1.807) is 0 Å². The van der Waals surface area contributed by atoms with Gasteiger partial charge in [-0.2, -0.15) is 0 Å².